The van der Waals surface area contributed by atoms with Gasteiger partial charge in [0.2, 0.25) is 0 Å². The minimum atomic E-state index is -0.271. The molecule has 1 saturated carbocycles. The van der Waals surface area contributed by atoms with Gasteiger partial charge in [-0.25, -0.2) is 4.39 Å². The van der Waals surface area contributed by atoms with Gasteiger partial charge in [-0.1, -0.05) is 30.3 Å². The number of nitrogen functional groups attached to an aromatic ring is 1. The van der Waals surface area contributed by atoms with Crippen LogP contribution in [0.3, 0.4) is 0 Å². The molecule has 1 aliphatic rings. The summed E-state index contributed by atoms with van der Waals surface area (Å²) in [6.07, 6.45) is 1.17. The van der Waals surface area contributed by atoms with Gasteiger partial charge in [0.05, 0.1) is 0 Å². The predicted octanol–water partition coefficient (Wildman–Crippen LogP) is 4.06. The molecule has 0 heterocycles. The highest BCUT2D eigenvalue weighted by Crippen LogP contribution is 2.52. The Morgan fingerprint density at radius 2 is 1.89 bits per heavy atom. The van der Waals surface area contributed by atoms with Crippen LogP contribution in [0.15, 0.2) is 53.4 Å². The number of thioether (sulfide) groups is 1. The smallest absolute Gasteiger partial charge is 0.125 e. The first kappa shape index (κ1) is 11.6. The molecular formula is C15H14FNS. The lowest BCUT2D eigenvalue weighted by atomic mass is 10.1. The van der Waals surface area contributed by atoms with E-state index in [2.05, 4.69) is 24.3 Å². The highest BCUT2D eigenvalue weighted by atomic mass is 32.2. The molecule has 3 heteroatoms. The predicted molar refractivity (Wildman–Crippen MR) is 74.3 cm³/mol. The van der Waals surface area contributed by atoms with Gasteiger partial charge in [-0.3, -0.25) is 0 Å². The maximum absolute atomic E-state index is 13.0. The summed E-state index contributed by atoms with van der Waals surface area (Å²) in [5.74, 6) is 0.341. The van der Waals surface area contributed by atoms with Crippen LogP contribution in [0.4, 0.5) is 10.1 Å². The molecule has 0 aromatic heterocycles. The molecule has 2 aromatic rings. The number of anilines is 1. The van der Waals surface area contributed by atoms with Gasteiger partial charge in [0.25, 0.3) is 0 Å². The average Bonchev–Trinajstić information content (AvgIpc) is 3.13. The van der Waals surface area contributed by atoms with Crippen molar-refractivity contribution in [2.24, 2.45) is 0 Å². The third kappa shape index (κ3) is 2.36. The van der Waals surface area contributed by atoms with Crippen LogP contribution in [0.1, 0.15) is 17.9 Å². The molecule has 2 unspecified atom stereocenters. The number of nitrogens with two attached hydrogens (primary N) is 1. The van der Waals surface area contributed by atoms with Crippen molar-refractivity contribution in [2.75, 3.05) is 5.73 Å². The highest BCUT2D eigenvalue weighted by Gasteiger charge is 2.39. The van der Waals surface area contributed by atoms with Crippen LogP contribution in [0.25, 0.3) is 0 Å². The zero-order chi connectivity index (χ0) is 12.5. The minimum Gasteiger partial charge on any atom is -0.398 e. The van der Waals surface area contributed by atoms with Gasteiger partial charge in [0, 0.05) is 15.8 Å². The van der Waals surface area contributed by atoms with E-state index in [9.17, 15) is 4.39 Å². The average molecular weight is 259 g/mol. The summed E-state index contributed by atoms with van der Waals surface area (Å²) >= 11 is 1.76. The molecule has 0 amide bonds. The Balaban J connectivity index is 1.69. The molecule has 0 spiro atoms. The second-order valence-corrected chi connectivity index (χ2v) is 5.87. The van der Waals surface area contributed by atoms with E-state index < -0.39 is 0 Å². The van der Waals surface area contributed by atoms with E-state index in [1.165, 1.54) is 24.1 Å². The Labute approximate surface area is 110 Å². The van der Waals surface area contributed by atoms with Gasteiger partial charge in [-0.15, -0.1) is 11.8 Å². The van der Waals surface area contributed by atoms with Crippen LogP contribution in [-0.2, 0) is 0 Å². The Morgan fingerprint density at radius 3 is 2.61 bits per heavy atom. The number of hydrogen-bond donors (Lipinski definition) is 1. The first-order valence-electron chi connectivity index (χ1n) is 6.00. The Bertz CT molecular complexity index is 556. The van der Waals surface area contributed by atoms with Gasteiger partial charge in [-0.2, -0.15) is 0 Å². The van der Waals surface area contributed by atoms with Gasteiger partial charge < -0.3 is 5.73 Å². The normalized spacial score (nSPS) is 21.8. The molecule has 0 aliphatic heterocycles. The van der Waals surface area contributed by atoms with Crippen molar-refractivity contribution in [3.05, 3.63) is 59.9 Å². The summed E-state index contributed by atoms with van der Waals surface area (Å²) < 4.78 is 13.0. The van der Waals surface area contributed by atoms with Crippen molar-refractivity contribution in [2.45, 2.75) is 22.5 Å². The molecule has 3 rings (SSSR count). The third-order valence-electron chi connectivity index (χ3n) is 3.21. The van der Waals surface area contributed by atoms with Crippen molar-refractivity contribution in [1.29, 1.82) is 0 Å². The van der Waals surface area contributed by atoms with Crippen LogP contribution in [-0.4, -0.2) is 5.25 Å². The summed E-state index contributed by atoms with van der Waals surface area (Å²) in [4.78, 5) is 0.986. The number of benzene rings is 2. The monoisotopic (exact) mass is 259 g/mol. The van der Waals surface area contributed by atoms with E-state index in [1.807, 2.05) is 6.07 Å². The fourth-order valence-electron chi connectivity index (χ4n) is 2.14. The van der Waals surface area contributed by atoms with Crippen molar-refractivity contribution < 1.29 is 4.39 Å². The molecule has 2 atom stereocenters. The molecule has 0 radical (unpaired) electrons. The fourth-order valence-corrected chi connectivity index (χ4v) is 3.44. The van der Waals surface area contributed by atoms with E-state index in [0.717, 1.165) is 4.90 Å². The van der Waals surface area contributed by atoms with Gasteiger partial charge in [0.1, 0.15) is 5.82 Å². The maximum Gasteiger partial charge on any atom is 0.125 e. The van der Waals surface area contributed by atoms with Crippen molar-refractivity contribution in [3.8, 4) is 0 Å². The molecule has 1 fully saturated rings. The molecule has 0 saturated heterocycles. The SMILES string of the molecule is Nc1cc(F)ccc1SC1CC1c1ccccc1. The lowest BCUT2D eigenvalue weighted by Gasteiger charge is -2.05. The van der Waals surface area contributed by atoms with Crippen molar-refractivity contribution in [1.82, 2.24) is 0 Å². The summed E-state index contributed by atoms with van der Waals surface area (Å²) in [5.41, 5.74) is 7.75. The number of hydrogen-bond acceptors (Lipinski definition) is 2. The Kier molecular flexibility index (Phi) is 3.00. The van der Waals surface area contributed by atoms with Crippen LogP contribution >= 0.6 is 11.8 Å². The first-order chi connectivity index (χ1) is 8.74. The zero-order valence-electron chi connectivity index (χ0n) is 9.84. The van der Waals surface area contributed by atoms with Crippen LogP contribution in [0, 0.1) is 5.82 Å². The molecule has 2 aromatic carbocycles. The van der Waals surface area contributed by atoms with Crippen LogP contribution in [0.2, 0.25) is 0 Å². The Hall–Kier alpha value is -1.48. The van der Waals surface area contributed by atoms with Crippen molar-refractivity contribution in [3.63, 3.8) is 0 Å². The Morgan fingerprint density at radius 1 is 1.11 bits per heavy atom. The molecule has 2 N–H and O–H groups in total. The number of halogens is 1. The largest absolute Gasteiger partial charge is 0.398 e. The molecule has 1 aliphatic carbocycles. The quantitative estimate of drug-likeness (QED) is 0.841. The number of rotatable bonds is 3. The van der Waals surface area contributed by atoms with E-state index in [4.69, 9.17) is 5.73 Å². The lowest BCUT2D eigenvalue weighted by molar-refractivity contribution is 0.627. The highest BCUT2D eigenvalue weighted by molar-refractivity contribution is 8.00. The second-order valence-electron chi connectivity index (χ2n) is 4.59. The molecule has 0 bridgehead atoms. The summed E-state index contributed by atoms with van der Waals surface area (Å²) in [6.45, 7) is 0. The van der Waals surface area contributed by atoms with Crippen molar-refractivity contribution >= 4 is 17.4 Å². The molecule has 92 valence electrons. The fraction of sp³-hybridized carbons (Fsp3) is 0.200. The lowest BCUT2D eigenvalue weighted by Crippen LogP contribution is -1.91. The van der Waals surface area contributed by atoms with Gasteiger partial charge in [-0.05, 0) is 36.1 Å². The standard InChI is InChI=1S/C15H14FNS/c16-11-6-7-14(13(17)8-11)18-15-9-12(15)10-4-2-1-3-5-10/h1-8,12,15H,9,17H2. The first-order valence-corrected chi connectivity index (χ1v) is 6.88. The topological polar surface area (TPSA) is 26.0 Å². The molecule has 18 heavy (non-hydrogen) atoms. The minimum absolute atomic E-state index is 0.271. The third-order valence-corrected chi connectivity index (χ3v) is 4.66. The van der Waals surface area contributed by atoms with Gasteiger partial charge >= 0.3 is 0 Å². The van der Waals surface area contributed by atoms with Crippen LogP contribution in [0.5, 0.6) is 0 Å². The van der Waals surface area contributed by atoms with E-state index in [1.54, 1.807) is 17.8 Å². The van der Waals surface area contributed by atoms with E-state index in [-0.39, 0.29) is 5.82 Å². The molecule has 1 nitrogen and oxygen atoms in total. The maximum atomic E-state index is 13.0. The zero-order valence-corrected chi connectivity index (χ0v) is 10.7. The summed E-state index contributed by atoms with van der Waals surface area (Å²) in [6, 6.07) is 15.1. The molecular weight excluding hydrogens is 245 g/mol. The van der Waals surface area contributed by atoms with E-state index >= 15 is 0 Å². The second kappa shape index (κ2) is 4.65. The summed E-state index contributed by atoms with van der Waals surface area (Å²) in [5, 5.41) is 0.570. The van der Waals surface area contributed by atoms with E-state index in [0.29, 0.717) is 16.9 Å². The van der Waals surface area contributed by atoms with Crippen LogP contribution < -0.4 is 5.73 Å². The van der Waals surface area contributed by atoms with Gasteiger partial charge in [0.15, 0.2) is 0 Å². The summed E-state index contributed by atoms with van der Waals surface area (Å²) in [7, 11) is 0.